The van der Waals surface area contributed by atoms with Crippen LogP contribution in [0.25, 0.3) is 22.2 Å². The first kappa shape index (κ1) is 21.9. The summed E-state index contributed by atoms with van der Waals surface area (Å²) >= 11 is 0. The topological polar surface area (TPSA) is 56.4 Å². The van der Waals surface area contributed by atoms with Crippen molar-refractivity contribution < 1.29 is 22.8 Å². The molecule has 1 heterocycles. The van der Waals surface area contributed by atoms with Crippen LogP contribution in [-0.4, -0.2) is 54.3 Å². The van der Waals surface area contributed by atoms with Crippen LogP contribution >= 0.6 is 0 Å². The van der Waals surface area contributed by atoms with Crippen molar-refractivity contribution in [1.82, 2.24) is 14.8 Å². The predicted octanol–water partition coefficient (Wildman–Crippen LogP) is 4.29. The number of amides is 2. The van der Waals surface area contributed by atoms with Gasteiger partial charge in [-0.15, -0.1) is 0 Å². The highest BCUT2D eigenvalue weighted by Crippen LogP contribution is 2.48. The van der Waals surface area contributed by atoms with Crippen molar-refractivity contribution >= 4 is 22.7 Å². The molecule has 0 spiro atoms. The number of aromatic nitrogens is 1. The highest BCUT2D eigenvalue weighted by molar-refractivity contribution is 5.93. The zero-order valence-corrected chi connectivity index (χ0v) is 18.1. The molecule has 2 aromatic carbocycles. The van der Waals surface area contributed by atoms with Crippen LogP contribution in [0.1, 0.15) is 24.3 Å². The maximum atomic E-state index is 14.5. The number of carbonyl (C=O) groups is 2. The molecule has 3 aromatic rings. The van der Waals surface area contributed by atoms with Crippen molar-refractivity contribution in [2.75, 3.05) is 27.7 Å². The first-order chi connectivity index (χ1) is 15.2. The van der Waals surface area contributed by atoms with Gasteiger partial charge in [0.25, 0.3) is 0 Å². The average Bonchev–Trinajstić information content (AvgIpc) is 3.06. The highest BCUT2D eigenvalue weighted by Gasteiger charge is 2.39. The maximum Gasteiger partial charge on any atom is 0.241 e. The lowest BCUT2D eigenvalue weighted by molar-refractivity contribution is -0.142. The molecule has 8 heteroatoms. The quantitative estimate of drug-likeness (QED) is 0.640. The number of fused-ring (bicyclic) bond motifs is 1. The van der Waals surface area contributed by atoms with Crippen LogP contribution in [0, 0.1) is 23.4 Å². The molecule has 0 atom stereocenters. The fourth-order valence-electron chi connectivity index (χ4n) is 4.30. The molecule has 0 bridgehead atoms. The number of aromatic amines is 1. The second kappa shape index (κ2) is 8.33. The van der Waals surface area contributed by atoms with E-state index >= 15 is 0 Å². The van der Waals surface area contributed by atoms with Crippen LogP contribution < -0.4 is 0 Å². The summed E-state index contributed by atoms with van der Waals surface area (Å²) in [4.78, 5) is 30.5. The van der Waals surface area contributed by atoms with Gasteiger partial charge in [-0.3, -0.25) is 9.59 Å². The molecule has 2 amide bonds. The minimum absolute atomic E-state index is 0.00264. The smallest absolute Gasteiger partial charge is 0.241 e. The van der Waals surface area contributed by atoms with Crippen molar-refractivity contribution in [3.05, 3.63) is 59.4 Å². The van der Waals surface area contributed by atoms with Gasteiger partial charge >= 0.3 is 0 Å². The molecule has 168 valence electrons. The molecule has 1 aromatic heterocycles. The zero-order valence-electron chi connectivity index (χ0n) is 18.1. The molecule has 0 unspecified atom stereocenters. The summed E-state index contributed by atoms with van der Waals surface area (Å²) in [6.07, 6.45) is 0.997. The van der Waals surface area contributed by atoms with Crippen molar-refractivity contribution in [2.45, 2.75) is 18.8 Å². The Bertz CT molecular complexity index is 1180. The Morgan fingerprint density at radius 1 is 1.00 bits per heavy atom. The minimum atomic E-state index is -0.705. The normalized spacial score (nSPS) is 17.8. The summed E-state index contributed by atoms with van der Waals surface area (Å²) in [5.41, 5.74) is 2.16. The Hall–Kier alpha value is -3.29. The Morgan fingerprint density at radius 3 is 2.28 bits per heavy atom. The third kappa shape index (κ3) is 3.97. The van der Waals surface area contributed by atoms with Crippen LogP contribution in [0.15, 0.2) is 36.4 Å². The molecule has 0 saturated heterocycles. The van der Waals surface area contributed by atoms with Gasteiger partial charge in [-0.05, 0) is 60.2 Å². The van der Waals surface area contributed by atoms with Crippen molar-refractivity contribution in [3.63, 3.8) is 0 Å². The second-order valence-electron chi connectivity index (χ2n) is 8.58. The summed E-state index contributed by atoms with van der Waals surface area (Å²) in [5, 5.41) is 0.425. The van der Waals surface area contributed by atoms with Gasteiger partial charge in [-0.2, -0.15) is 0 Å². The van der Waals surface area contributed by atoms with E-state index in [1.165, 1.54) is 28.0 Å². The molecule has 1 fully saturated rings. The van der Waals surface area contributed by atoms with Gasteiger partial charge in [-0.1, -0.05) is 0 Å². The first-order valence-corrected chi connectivity index (χ1v) is 10.4. The molecule has 4 rings (SSSR count). The summed E-state index contributed by atoms with van der Waals surface area (Å²) in [7, 11) is 4.86. The van der Waals surface area contributed by atoms with Crippen molar-refractivity contribution in [1.29, 1.82) is 0 Å². The monoisotopic (exact) mass is 443 g/mol. The Kier molecular flexibility index (Phi) is 5.71. The number of rotatable bonds is 5. The maximum absolute atomic E-state index is 14.5. The van der Waals surface area contributed by atoms with Gasteiger partial charge in [-0.25, -0.2) is 13.2 Å². The molecule has 32 heavy (non-hydrogen) atoms. The van der Waals surface area contributed by atoms with E-state index in [0.717, 1.165) is 11.6 Å². The van der Waals surface area contributed by atoms with Gasteiger partial charge in [0.1, 0.15) is 17.5 Å². The van der Waals surface area contributed by atoms with E-state index < -0.39 is 17.5 Å². The van der Waals surface area contributed by atoms with Gasteiger partial charge in [0, 0.05) is 38.5 Å². The number of nitrogens with one attached hydrogen (secondary N) is 1. The fraction of sp³-hybridized carbons (Fsp3) is 0.333. The largest absolute Gasteiger partial charge is 0.352 e. The number of H-pyrrole nitrogens is 1. The van der Waals surface area contributed by atoms with Crippen molar-refractivity contribution in [3.8, 4) is 11.3 Å². The third-order valence-corrected chi connectivity index (χ3v) is 6.14. The molecule has 0 aliphatic heterocycles. The molecular weight excluding hydrogens is 419 g/mol. The van der Waals surface area contributed by atoms with Gasteiger partial charge in [0.15, 0.2) is 0 Å². The standard InChI is InChI=1S/C24H24F3N3O2/c1-29(2)20(31)12-30(3)24(32)15-8-14(9-15)21-18-10-17(26)11-19(27)23(18)28-22(21)13-4-6-16(25)7-5-13/h4-7,10-11,14-15,28H,8-9,12H2,1-3H3. The lowest BCUT2D eigenvalue weighted by Crippen LogP contribution is -2.43. The Labute approximate surface area is 183 Å². The van der Waals surface area contributed by atoms with Crippen LogP contribution in [0.3, 0.4) is 0 Å². The molecule has 1 saturated carbocycles. The number of nitrogens with zero attached hydrogens (tertiary/aromatic N) is 2. The van der Waals surface area contributed by atoms with Gasteiger partial charge in [0.2, 0.25) is 11.8 Å². The van der Waals surface area contributed by atoms with E-state index in [1.54, 1.807) is 33.3 Å². The van der Waals surface area contributed by atoms with E-state index in [1.807, 2.05) is 0 Å². The fourth-order valence-corrected chi connectivity index (χ4v) is 4.30. The average molecular weight is 443 g/mol. The number of benzene rings is 2. The molecule has 1 aliphatic rings. The van der Waals surface area contributed by atoms with Crippen LogP contribution in [0.5, 0.6) is 0 Å². The summed E-state index contributed by atoms with van der Waals surface area (Å²) in [6, 6.07) is 7.89. The number of halogens is 3. The predicted molar refractivity (Wildman–Crippen MR) is 115 cm³/mol. The number of hydrogen-bond acceptors (Lipinski definition) is 2. The van der Waals surface area contributed by atoms with Gasteiger partial charge < -0.3 is 14.8 Å². The minimum Gasteiger partial charge on any atom is -0.352 e. The Morgan fingerprint density at radius 2 is 1.66 bits per heavy atom. The summed E-state index contributed by atoms with van der Waals surface area (Å²) < 4.78 is 41.9. The molecule has 0 radical (unpaired) electrons. The van der Waals surface area contributed by atoms with E-state index in [4.69, 9.17) is 0 Å². The molecular formula is C24H24F3N3O2. The second-order valence-corrected chi connectivity index (χ2v) is 8.58. The van der Waals surface area contributed by atoms with E-state index in [9.17, 15) is 22.8 Å². The van der Waals surface area contributed by atoms with Crippen molar-refractivity contribution in [2.24, 2.45) is 5.92 Å². The van der Waals surface area contributed by atoms with Crippen LogP contribution in [-0.2, 0) is 9.59 Å². The summed E-state index contributed by atoms with van der Waals surface area (Å²) in [5.74, 6) is -2.46. The number of carbonyl (C=O) groups excluding carboxylic acids is 2. The molecule has 1 N–H and O–H groups in total. The Balaban J connectivity index is 1.63. The molecule has 5 nitrogen and oxygen atoms in total. The van der Waals surface area contributed by atoms with E-state index in [2.05, 4.69) is 4.98 Å². The van der Waals surface area contributed by atoms with Crippen LogP contribution in [0.4, 0.5) is 13.2 Å². The zero-order chi connectivity index (χ0) is 23.2. The third-order valence-electron chi connectivity index (χ3n) is 6.14. The van der Waals surface area contributed by atoms with E-state index in [0.29, 0.717) is 29.5 Å². The first-order valence-electron chi connectivity index (χ1n) is 10.4. The molecule has 1 aliphatic carbocycles. The summed E-state index contributed by atoms with van der Waals surface area (Å²) in [6.45, 7) is -0.00264. The SMILES string of the molecule is CN(C)C(=O)CN(C)C(=O)C1CC(c2c(-c3ccc(F)cc3)[nH]c3c(F)cc(F)cc23)C1. The number of hydrogen-bond donors (Lipinski definition) is 1. The van der Waals surface area contributed by atoms with Gasteiger partial charge in [0.05, 0.1) is 17.8 Å². The number of likely N-dealkylation sites (N-methyl/N-ethyl adjacent to an activating group) is 2. The lowest BCUT2D eigenvalue weighted by Gasteiger charge is -2.37. The lowest BCUT2D eigenvalue weighted by atomic mass is 9.69. The van der Waals surface area contributed by atoms with E-state index in [-0.39, 0.29) is 35.7 Å². The van der Waals surface area contributed by atoms with Crippen LogP contribution in [0.2, 0.25) is 0 Å². The highest BCUT2D eigenvalue weighted by atomic mass is 19.1.